The molecule has 0 fully saturated rings. The average Bonchev–Trinajstić information content (AvgIpc) is 2.85. The smallest absolute Gasteiger partial charge is 0.315 e. The van der Waals surface area contributed by atoms with Gasteiger partial charge in [0.05, 0.1) is 18.2 Å². The van der Waals surface area contributed by atoms with Gasteiger partial charge in [-0.05, 0) is 6.07 Å². The number of aromatic nitrogens is 3. The summed E-state index contributed by atoms with van der Waals surface area (Å²) in [5, 5.41) is 33.5. The third-order valence-corrected chi connectivity index (χ3v) is 4.65. The molecule has 10 heteroatoms. The second kappa shape index (κ2) is 9.52. The summed E-state index contributed by atoms with van der Waals surface area (Å²) in [4.78, 5) is 15.0. The number of nitrogens with one attached hydrogen (secondary N) is 1. The van der Waals surface area contributed by atoms with Crippen LogP contribution in [0.25, 0.3) is 22.5 Å². The van der Waals surface area contributed by atoms with Crippen molar-refractivity contribution in [1.82, 2.24) is 15.2 Å². The lowest BCUT2D eigenvalue weighted by Crippen LogP contribution is -2.03. The minimum Gasteiger partial charge on any atom is -0.500 e. The second-order valence-electron chi connectivity index (χ2n) is 6.78. The number of hydrazone groups is 1. The van der Waals surface area contributed by atoms with E-state index in [1.807, 2.05) is 60.7 Å². The van der Waals surface area contributed by atoms with Gasteiger partial charge in [-0.3, -0.25) is 10.1 Å². The molecule has 164 valence electrons. The van der Waals surface area contributed by atoms with Crippen molar-refractivity contribution in [3.63, 3.8) is 0 Å². The highest BCUT2D eigenvalue weighted by Gasteiger charge is 2.19. The highest BCUT2D eigenvalue weighted by molar-refractivity contribution is 5.83. The Hall–Kier alpha value is -4.86. The highest BCUT2D eigenvalue weighted by Crippen LogP contribution is 2.36. The lowest BCUT2D eigenvalue weighted by atomic mass is 10.0. The first-order valence-electron chi connectivity index (χ1n) is 9.77. The van der Waals surface area contributed by atoms with Gasteiger partial charge in [-0.15, -0.1) is 10.2 Å². The monoisotopic (exact) mass is 442 g/mol. The Labute approximate surface area is 188 Å². The van der Waals surface area contributed by atoms with Crippen LogP contribution >= 0.6 is 0 Å². The van der Waals surface area contributed by atoms with Gasteiger partial charge in [-0.2, -0.15) is 5.10 Å². The molecule has 0 atom stereocenters. The van der Waals surface area contributed by atoms with Crippen molar-refractivity contribution >= 4 is 17.9 Å². The SMILES string of the molecule is COc1cc(/C=N\Nc2nnc(-c3ccccc3)c(-c3ccccc3)n2)cc([N+](=O)[O-])c1O. The van der Waals surface area contributed by atoms with E-state index >= 15 is 0 Å². The molecule has 1 aromatic heterocycles. The molecule has 0 bridgehead atoms. The fraction of sp³-hybridized carbons (Fsp3) is 0.0435. The molecule has 0 saturated heterocycles. The van der Waals surface area contributed by atoms with E-state index in [4.69, 9.17) is 4.74 Å². The summed E-state index contributed by atoms with van der Waals surface area (Å²) in [7, 11) is 1.30. The molecule has 0 aliphatic heterocycles. The van der Waals surface area contributed by atoms with Crippen LogP contribution in [0.2, 0.25) is 0 Å². The molecule has 0 aliphatic carbocycles. The zero-order valence-corrected chi connectivity index (χ0v) is 17.4. The minimum atomic E-state index is -0.704. The van der Waals surface area contributed by atoms with Crippen LogP contribution in [0.5, 0.6) is 11.5 Å². The van der Waals surface area contributed by atoms with E-state index < -0.39 is 16.4 Å². The number of ether oxygens (including phenoxy) is 1. The first kappa shape index (κ1) is 21.4. The Morgan fingerprint density at radius 1 is 1.00 bits per heavy atom. The molecule has 2 N–H and O–H groups in total. The quantitative estimate of drug-likeness (QED) is 0.246. The first-order chi connectivity index (χ1) is 16.1. The van der Waals surface area contributed by atoms with Gasteiger partial charge in [0, 0.05) is 22.8 Å². The maximum Gasteiger partial charge on any atom is 0.315 e. The second-order valence-corrected chi connectivity index (χ2v) is 6.78. The summed E-state index contributed by atoms with van der Waals surface area (Å²) in [5.41, 5.74) is 5.51. The van der Waals surface area contributed by atoms with Crippen LogP contribution in [0, 0.1) is 10.1 Å². The molecule has 3 aromatic carbocycles. The predicted octanol–water partition coefficient (Wildman–Crippen LogP) is 4.27. The number of rotatable bonds is 7. The van der Waals surface area contributed by atoms with Gasteiger partial charge in [0.15, 0.2) is 5.75 Å². The molecular weight excluding hydrogens is 424 g/mol. The van der Waals surface area contributed by atoms with E-state index in [-0.39, 0.29) is 11.7 Å². The number of benzene rings is 3. The van der Waals surface area contributed by atoms with Gasteiger partial charge in [0.1, 0.15) is 11.4 Å². The van der Waals surface area contributed by atoms with Crippen LogP contribution in [-0.2, 0) is 0 Å². The Morgan fingerprint density at radius 3 is 2.24 bits per heavy atom. The number of aromatic hydroxyl groups is 1. The van der Waals surface area contributed by atoms with E-state index in [1.54, 1.807) is 0 Å². The molecule has 0 radical (unpaired) electrons. The van der Waals surface area contributed by atoms with Crippen LogP contribution in [0.15, 0.2) is 77.9 Å². The van der Waals surface area contributed by atoms with Crippen LogP contribution < -0.4 is 10.2 Å². The van der Waals surface area contributed by atoms with E-state index in [0.29, 0.717) is 17.0 Å². The fourth-order valence-corrected chi connectivity index (χ4v) is 3.11. The molecule has 0 saturated carbocycles. The zero-order valence-electron chi connectivity index (χ0n) is 17.4. The maximum absolute atomic E-state index is 11.2. The topological polar surface area (TPSA) is 136 Å². The largest absolute Gasteiger partial charge is 0.500 e. The maximum atomic E-state index is 11.2. The number of phenolic OH excluding ortho intramolecular Hbond substituents is 1. The summed E-state index contributed by atoms with van der Waals surface area (Å²) in [6, 6.07) is 21.7. The fourth-order valence-electron chi connectivity index (χ4n) is 3.11. The molecule has 0 amide bonds. The molecule has 0 unspecified atom stereocenters. The highest BCUT2D eigenvalue weighted by atomic mass is 16.6. The average molecular weight is 442 g/mol. The van der Waals surface area contributed by atoms with Gasteiger partial charge in [0.2, 0.25) is 5.75 Å². The van der Waals surface area contributed by atoms with Gasteiger partial charge in [0.25, 0.3) is 5.95 Å². The number of anilines is 1. The Morgan fingerprint density at radius 2 is 1.64 bits per heavy atom. The molecule has 1 heterocycles. The zero-order chi connectivity index (χ0) is 23.2. The normalized spacial score (nSPS) is 10.8. The molecule has 4 rings (SSSR count). The molecule has 0 spiro atoms. The standard InChI is InChI=1S/C23H18N6O4/c1-33-19-13-15(12-18(22(19)30)29(31)32)14-24-27-23-25-20(16-8-4-2-5-9-16)21(26-28-23)17-10-6-3-7-11-17/h2-14,30H,1H3,(H,25,27,28)/b24-14-. The summed E-state index contributed by atoms with van der Waals surface area (Å²) in [6.07, 6.45) is 1.33. The third-order valence-electron chi connectivity index (χ3n) is 4.65. The van der Waals surface area contributed by atoms with Crippen LogP contribution in [0.4, 0.5) is 11.6 Å². The summed E-state index contributed by atoms with van der Waals surface area (Å²) in [5.74, 6) is -0.448. The minimum absolute atomic E-state index is 0.0397. The van der Waals surface area contributed by atoms with Crippen molar-refractivity contribution in [3.8, 4) is 34.0 Å². The Balaban J connectivity index is 1.65. The molecule has 10 nitrogen and oxygen atoms in total. The van der Waals surface area contributed by atoms with E-state index in [9.17, 15) is 15.2 Å². The molecular formula is C23H18N6O4. The van der Waals surface area contributed by atoms with Crippen LogP contribution in [0.3, 0.4) is 0 Å². The van der Waals surface area contributed by atoms with Crippen LogP contribution in [-0.4, -0.2) is 38.5 Å². The number of nitro benzene ring substituents is 1. The van der Waals surface area contributed by atoms with Crippen molar-refractivity contribution in [2.24, 2.45) is 5.10 Å². The number of hydrogen-bond donors (Lipinski definition) is 2. The lowest BCUT2D eigenvalue weighted by molar-refractivity contribution is -0.386. The Bertz CT molecular complexity index is 1310. The van der Waals surface area contributed by atoms with Crippen molar-refractivity contribution in [1.29, 1.82) is 0 Å². The molecule has 0 aliphatic rings. The van der Waals surface area contributed by atoms with Gasteiger partial charge >= 0.3 is 5.69 Å². The van der Waals surface area contributed by atoms with Crippen molar-refractivity contribution in [2.45, 2.75) is 0 Å². The van der Waals surface area contributed by atoms with Gasteiger partial charge in [-0.25, -0.2) is 10.4 Å². The summed E-state index contributed by atoms with van der Waals surface area (Å²) < 4.78 is 4.99. The number of phenols is 1. The number of methoxy groups -OCH3 is 1. The summed E-state index contributed by atoms with van der Waals surface area (Å²) >= 11 is 0. The van der Waals surface area contributed by atoms with E-state index in [1.165, 1.54) is 25.5 Å². The first-order valence-corrected chi connectivity index (χ1v) is 9.77. The van der Waals surface area contributed by atoms with Crippen molar-refractivity contribution in [2.75, 3.05) is 12.5 Å². The number of nitrogens with zero attached hydrogens (tertiary/aromatic N) is 5. The van der Waals surface area contributed by atoms with Crippen molar-refractivity contribution < 1.29 is 14.8 Å². The van der Waals surface area contributed by atoms with Crippen LogP contribution in [0.1, 0.15) is 5.56 Å². The lowest BCUT2D eigenvalue weighted by Gasteiger charge is -2.09. The van der Waals surface area contributed by atoms with E-state index in [0.717, 1.165) is 11.1 Å². The van der Waals surface area contributed by atoms with Gasteiger partial charge in [-0.1, -0.05) is 60.7 Å². The van der Waals surface area contributed by atoms with Gasteiger partial charge < -0.3 is 9.84 Å². The number of nitro groups is 1. The molecule has 33 heavy (non-hydrogen) atoms. The third kappa shape index (κ3) is 4.74. The van der Waals surface area contributed by atoms with Crippen molar-refractivity contribution in [3.05, 3.63) is 88.5 Å². The molecule has 4 aromatic rings. The summed E-state index contributed by atoms with van der Waals surface area (Å²) in [6.45, 7) is 0. The Kier molecular flexibility index (Phi) is 6.17. The number of hydrogen-bond acceptors (Lipinski definition) is 9. The predicted molar refractivity (Wildman–Crippen MR) is 123 cm³/mol. The van der Waals surface area contributed by atoms with E-state index in [2.05, 4.69) is 25.7 Å².